The molecule has 0 radical (unpaired) electrons. The van der Waals surface area contributed by atoms with Crippen molar-refractivity contribution in [2.45, 2.75) is 46.0 Å². The lowest BCUT2D eigenvalue weighted by molar-refractivity contribution is -0.140. The van der Waals surface area contributed by atoms with Gasteiger partial charge in [0.25, 0.3) is 0 Å². The summed E-state index contributed by atoms with van der Waals surface area (Å²) in [6.07, 6.45) is 3.79. The van der Waals surface area contributed by atoms with E-state index in [1.54, 1.807) is 7.05 Å². The molecule has 3 amide bonds. The summed E-state index contributed by atoms with van der Waals surface area (Å²) in [5.74, 6) is 0.747. The maximum absolute atomic E-state index is 12.2. The smallest absolute Gasteiger partial charge is 0.233 e. The molecule has 0 aliphatic carbocycles. The molecule has 1 heterocycles. The van der Waals surface area contributed by atoms with Crippen molar-refractivity contribution in [3.63, 3.8) is 0 Å². The number of carbonyl (C=O) groups is 3. The van der Waals surface area contributed by atoms with Gasteiger partial charge in [0.05, 0.1) is 6.54 Å². The second-order valence-electron chi connectivity index (χ2n) is 7.05. The van der Waals surface area contributed by atoms with E-state index >= 15 is 0 Å². The molecule has 1 saturated heterocycles. The molecule has 26 heavy (non-hydrogen) atoms. The molecule has 8 heteroatoms. The molecule has 0 aromatic carbocycles. The first-order valence-electron chi connectivity index (χ1n) is 9.41. The third-order valence-electron chi connectivity index (χ3n) is 4.29. The number of hydrogen-bond donors (Lipinski definition) is 2. The molecule has 1 aliphatic rings. The van der Waals surface area contributed by atoms with Crippen LogP contribution in [0.3, 0.4) is 0 Å². The first-order chi connectivity index (χ1) is 11.9. The first kappa shape index (κ1) is 24.7. The van der Waals surface area contributed by atoms with Crippen molar-refractivity contribution >= 4 is 30.1 Å². The highest BCUT2D eigenvalue weighted by atomic mass is 35.5. The van der Waals surface area contributed by atoms with Crippen LogP contribution in [0.4, 0.5) is 0 Å². The molecule has 1 fully saturated rings. The molecule has 1 aliphatic heterocycles. The average molecular weight is 391 g/mol. The maximum atomic E-state index is 12.2. The maximum Gasteiger partial charge on any atom is 0.233 e. The van der Waals surface area contributed by atoms with Crippen molar-refractivity contribution in [1.82, 2.24) is 20.4 Å². The van der Waals surface area contributed by atoms with Crippen LogP contribution in [0.2, 0.25) is 0 Å². The van der Waals surface area contributed by atoms with Gasteiger partial charge in [0.15, 0.2) is 0 Å². The van der Waals surface area contributed by atoms with E-state index in [9.17, 15) is 14.4 Å². The highest BCUT2D eigenvalue weighted by Gasteiger charge is 2.23. The molecule has 0 saturated carbocycles. The second-order valence-corrected chi connectivity index (χ2v) is 7.05. The zero-order valence-corrected chi connectivity index (χ0v) is 17.2. The van der Waals surface area contributed by atoms with Crippen molar-refractivity contribution in [2.24, 2.45) is 5.92 Å². The van der Waals surface area contributed by atoms with Crippen LogP contribution in [0.1, 0.15) is 46.0 Å². The van der Waals surface area contributed by atoms with E-state index in [0.29, 0.717) is 58.0 Å². The van der Waals surface area contributed by atoms with Gasteiger partial charge in [0.2, 0.25) is 17.7 Å². The quantitative estimate of drug-likeness (QED) is 0.546. The normalized spacial score (nSPS) is 14.2. The van der Waals surface area contributed by atoms with E-state index < -0.39 is 0 Å². The molecule has 0 unspecified atom stereocenters. The number of nitrogens with zero attached hydrogens (tertiary/aromatic N) is 2. The Labute approximate surface area is 163 Å². The Morgan fingerprint density at radius 1 is 0.923 bits per heavy atom. The Bertz CT molecular complexity index is 438. The molecular formula is C18H35ClN4O3. The van der Waals surface area contributed by atoms with E-state index in [-0.39, 0.29) is 30.1 Å². The molecule has 0 spiro atoms. The predicted molar refractivity (Wildman–Crippen MR) is 105 cm³/mol. The first-order valence-corrected chi connectivity index (χ1v) is 9.41. The van der Waals surface area contributed by atoms with Crippen LogP contribution in [-0.4, -0.2) is 73.8 Å². The molecule has 7 nitrogen and oxygen atoms in total. The van der Waals surface area contributed by atoms with Crippen LogP contribution in [0.25, 0.3) is 0 Å². The zero-order chi connectivity index (χ0) is 18.7. The van der Waals surface area contributed by atoms with Crippen molar-refractivity contribution in [1.29, 1.82) is 0 Å². The number of halogens is 1. The van der Waals surface area contributed by atoms with E-state index in [1.165, 1.54) is 0 Å². The summed E-state index contributed by atoms with van der Waals surface area (Å²) in [5.41, 5.74) is 0. The van der Waals surface area contributed by atoms with E-state index in [1.807, 2.05) is 23.6 Å². The number of amides is 3. The Morgan fingerprint density at radius 2 is 1.50 bits per heavy atom. The summed E-state index contributed by atoms with van der Waals surface area (Å²) < 4.78 is 0. The summed E-state index contributed by atoms with van der Waals surface area (Å²) in [5, 5.41) is 5.63. The van der Waals surface area contributed by atoms with Gasteiger partial charge in [-0.3, -0.25) is 14.4 Å². The van der Waals surface area contributed by atoms with Crippen molar-refractivity contribution in [2.75, 3.05) is 46.3 Å². The van der Waals surface area contributed by atoms with Gasteiger partial charge in [-0.15, -0.1) is 12.4 Å². The van der Waals surface area contributed by atoms with Crippen LogP contribution in [0.15, 0.2) is 0 Å². The van der Waals surface area contributed by atoms with Crippen LogP contribution in [0, 0.1) is 5.92 Å². The summed E-state index contributed by atoms with van der Waals surface area (Å²) >= 11 is 0. The fraction of sp³-hybridized carbons (Fsp3) is 0.833. The summed E-state index contributed by atoms with van der Waals surface area (Å²) in [6.45, 7) is 7.66. The predicted octanol–water partition coefficient (Wildman–Crippen LogP) is 1.02. The minimum absolute atomic E-state index is 0. The topological polar surface area (TPSA) is 81.8 Å². The van der Waals surface area contributed by atoms with Crippen molar-refractivity contribution < 1.29 is 14.4 Å². The summed E-state index contributed by atoms with van der Waals surface area (Å²) in [4.78, 5) is 39.3. The number of rotatable bonds is 10. The zero-order valence-electron chi connectivity index (χ0n) is 16.4. The molecule has 0 atom stereocenters. The molecule has 0 aromatic heterocycles. The van der Waals surface area contributed by atoms with E-state index in [4.69, 9.17) is 0 Å². The Kier molecular flexibility index (Phi) is 13.1. The molecule has 0 aromatic rings. The number of hydrogen-bond acceptors (Lipinski definition) is 4. The average Bonchev–Trinajstić information content (AvgIpc) is 2.57. The number of unbranched alkanes of at least 4 members (excludes halogenated alkanes) is 2. The number of carbonyl (C=O) groups excluding carboxylic acids is 3. The molecular weight excluding hydrogens is 356 g/mol. The highest BCUT2D eigenvalue weighted by Crippen LogP contribution is 2.10. The fourth-order valence-corrected chi connectivity index (χ4v) is 2.87. The van der Waals surface area contributed by atoms with Gasteiger partial charge in [0.1, 0.15) is 0 Å². The lowest BCUT2D eigenvalue weighted by Crippen LogP contribution is -2.50. The lowest BCUT2D eigenvalue weighted by atomic mass is 10.1. The van der Waals surface area contributed by atoms with Crippen molar-refractivity contribution in [3.05, 3.63) is 0 Å². The largest absolute Gasteiger partial charge is 0.355 e. The molecule has 2 N–H and O–H groups in total. The standard InChI is InChI=1S/C18H34N4O3.ClH/c1-15(2)13-18(25)22-11-9-21(10-12-22)17(24)7-5-4-6-8-20-16(23)14-19-3;/h15,19H,4-14H2,1-3H3,(H,20,23);1H. The summed E-state index contributed by atoms with van der Waals surface area (Å²) in [7, 11) is 1.74. The SMILES string of the molecule is CNCC(=O)NCCCCCC(=O)N1CCN(C(=O)CC(C)C)CC1.Cl. The van der Waals surface area contributed by atoms with E-state index in [0.717, 1.165) is 19.3 Å². The minimum atomic E-state index is 0. The Morgan fingerprint density at radius 3 is 2.04 bits per heavy atom. The Balaban J connectivity index is 0.00000625. The third kappa shape index (κ3) is 9.97. The van der Waals surface area contributed by atoms with Gasteiger partial charge in [-0.05, 0) is 25.8 Å². The number of likely N-dealkylation sites (N-methyl/N-ethyl adjacent to an activating group) is 1. The van der Waals surface area contributed by atoms with Crippen LogP contribution >= 0.6 is 12.4 Å². The van der Waals surface area contributed by atoms with Crippen LogP contribution in [-0.2, 0) is 14.4 Å². The highest BCUT2D eigenvalue weighted by molar-refractivity contribution is 5.85. The Hall–Kier alpha value is -1.34. The monoisotopic (exact) mass is 390 g/mol. The van der Waals surface area contributed by atoms with Gasteiger partial charge in [-0.2, -0.15) is 0 Å². The second kappa shape index (κ2) is 13.8. The van der Waals surface area contributed by atoms with Gasteiger partial charge in [-0.1, -0.05) is 20.3 Å². The molecule has 0 bridgehead atoms. The van der Waals surface area contributed by atoms with Crippen LogP contribution in [0.5, 0.6) is 0 Å². The lowest BCUT2D eigenvalue weighted by Gasteiger charge is -2.35. The fourth-order valence-electron chi connectivity index (χ4n) is 2.87. The molecule has 1 rings (SSSR count). The van der Waals surface area contributed by atoms with Gasteiger partial charge >= 0.3 is 0 Å². The third-order valence-corrected chi connectivity index (χ3v) is 4.29. The van der Waals surface area contributed by atoms with Crippen LogP contribution < -0.4 is 10.6 Å². The van der Waals surface area contributed by atoms with Gasteiger partial charge in [-0.25, -0.2) is 0 Å². The molecule has 152 valence electrons. The summed E-state index contributed by atoms with van der Waals surface area (Å²) in [6, 6.07) is 0. The van der Waals surface area contributed by atoms with E-state index in [2.05, 4.69) is 10.6 Å². The van der Waals surface area contributed by atoms with Gasteiger partial charge in [0, 0.05) is 45.6 Å². The van der Waals surface area contributed by atoms with Gasteiger partial charge < -0.3 is 20.4 Å². The number of nitrogens with one attached hydrogen (secondary N) is 2. The van der Waals surface area contributed by atoms with Crippen molar-refractivity contribution in [3.8, 4) is 0 Å². The number of piperazine rings is 1. The minimum Gasteiger partial charge on any atom is -0.355 e.